The Morgan fingerprint density at radius 3 is 2.39 bits per heavy atom. The predicted octanol–water partition coefficient (Wildman–Crippen LogP) is 3.20. The first-order valence-electron chi connectivity index (χ1n) is 10.4. The van der Waals surface area contributed by atoms with Crippen LogP contribution in [0, 0.1) is 5.82 Å². The van der Waals surface area contributed by atoms with E-state index in [-0.39, 0.29) is 41.1 Å². The molecule has 2 heterocycles. The lowest BCUT2D eigenvalue weighted by molar-refractivity contribution is -0.139. The molecule has 9 heteroatoms. The van der Waals surface area contributed by atoms with Crippen LogP contribution in [-0.4, -0.2) is 55.4 Å². The molecule has 0 radical (unpaired) electrons. The molecule has 1 aliphatic heterocycles. The predicted molar refractivity (Wildman–Crippen MR) is 111 cm³/mol. The van der Waals surface area contributed by atoms with E-state index >= 15 is 0 Å². The van der Waals surface area contributed by atoms with Gasteiger partial charge in [0.05, 0.1) is 11.5 Å². The Kier molecular flexibility index (Phi) is 6.13. The first kappa shape index (κ1) is 21.5. The fourth-order valence-corrected chi connectivity index (χ4v) is 6.08. The number of hydrogen-bond acceptors (Lipinski definition) is 6. The summed E-state index contributed by atoms with van der Waals surface area (Å²) < 4.78 is 47.6. The van der Waals surface area contributed by atoms with Gasteiger partial charge in [0.15, 0.2) is 16.4 Å². The van der Waals surface area contributed by atoms with Gasteiger partial charge in [-0.15, -0.1) is 0 Å². The normalized spacial score (nSPS) is 20.6. The summed E-state index contributed by atoms with van der Waals surface area (Å²) >= 11 is 0. The van der Waals surface area contributed by atoms with Crippen LogP contribution in [0.5, 0.6) is 0 Å². The second-order valence-electron chi connectivity index (χ2n) is 8.04. The highest BCUT2D eigenvalue weighted by molar-refractivity contribution is 7.91. The molecule has 1 saturated heterocycles. The Morgan fingerprint density at radius 1 is 1.03 bits per heavy atom. The number of halogens is 1. The summed E-state index contributed by atoms with van der Waals surface area (Å²) in [6.45, 7) is -0.474. The first-order chi connectivity index (χ1) is 14.8. The molecule has 7 nitrogen and oxygen atoms in total. The van der Waals surface area contributed by atoms with E-state index < -0.39 is 22.4 Å². The van der Waals surface area contributed by atoms with Crippen LogP contribution in [0.3, 0.4) is 0 Å². The summed E-state index contributed by atoms with van der Waals surface area (Å²) in [7, 11) is -3.14. The van der Waals surface area contributed by atoms with Gasteiger partial charge in [-0.25, -0.2) is 17.6 Å². The number of rotatable bonds is 6. The van der Waals surface area contributed by atoms with Gasteiger partial charge >= 0.3 is 5.97 Å². The van der Waals surface area contributed by atoms with Crippen molar-refractivity contribution < 1.29 is 31.6 Å². The average Bonchev–Trinajstić information content (AvgIpc) is 3.49. The quantitative estimate of drug-likeness (QED) is 0.629. The molecule has 2 aromatic rings. The highest BCUT2D eigenvalue weighted by Gasteiger charge is 2.39. The zero-order valence-electron chi connectivity index (χ0n) is 17.0. The number of sulfone groups is 1. The number of furan rings is 1. The van der Waals surface area contributed by atoms with E-state index in [4.69, 9.17) is 9.15 Å². The van der Waals surface area contributed by atoms with Crippen LogP contribution >= 0.6 is 0 Å². The Morgan fingerprint density at radius 2 is 1.74 bits per heavy atom. The van der Waals surface area contributed by atoms with Gasteiger partial charge in [0.1, 0.15) is 11.6 Å². The molecule has 1 atom stereocenters. The van der Waals surface area contributed by atoms with Crippen LogP contribution in [0.25, 0.3) is 11.3 Å². The summed E-state index contributed by atoms with van der Waals surface area (Å²) in [5.41, 5.74) is 0.603. The molecular weight excluding hydrogens is 425 g/mol. The Hall–Kier alpha value is -2.68. The van der Waals surface area contributed by atoms with E-state index in [0.29, 0.717) is 17.7 Å². The zero-order chi connectivity index (χ0) is 22.0. The maximum Gasteiger partial charge on any atom is 0.374 e. The molecule has 1 saturated carbocycles. The lowest BCUT2D eigenvalue weighted by Gasteiger charge is -2.33. The molecule has 166 valence electrons. The molecular formula is C22H24FNO6S. The molecule has 2 aliphatic rings. The Balaban J connectivity index is 1.40. The largest absolute Gasteiger partial charge is 0.450 e. The van der Waals surface area contributed by atoms with Gasteiger partial charge in [0, 0.05) is 17.6 Å². The van der Waals surface area contributed by atoms with Crippen molar-refractivity contribution in [1.29, 1.82) is 0 Å². The molecule has 4 rings (SSSR count). The van der Waals surface area contributed by atoms with Crippen molar-refractivity contribution in [3.8, 4) is 11.3 Å². The molecule has 0 spiro atoms. The Labute approximate surface area is 180 Å². The first-order valence-corrected chi connectivity index (χ1v) is 12.2. The van der Waals surface area contributed by atoms with Gasteiger partial charge in [-0.2, -0.15) is 0 Å². The van der Waals surface area contributed by atoms with Crippen LogP contribution < -0.4 is 0 Å². The van der Waals surface area contributed by atoms with Gasteiger partial charge in [-0.3, -0.25) is 4.79 Å². The van der Waals surface area contributed by atoms with Gasteiger partial charge in [-0.1, -0.05) is 12.8 Å². The van der Waals surface area contributed by atoms with Gasteiger partial charge in [-0.05, 0) is 55.7 Å². The van der Waals surface area contributed by atoms with Gasteiger partial charge in [0.25, 0.3) is 5.91 Å². The number of ether oxygens (including phenoxy) is 1. The van der Waals surface area contributed by atoms with Gasteiger partial charge < -0.3 is 14.1 Å². The highest BCUT2D eigenvalue weighted by atomic mass is 32.2. The summed E-state index contributed by atoms with van der Waals surface area (Å²) in [5, 5.41) is 0. The number of esters is 1. The fourth-order valence-electron chi connectivity index (χ4n) is 4.37. The summed E-state index contributed by atoms with van der Waals surface area (Å²) in [6, 6.07) is 8.25. The molecule has 1 unspecified atom stereocenters. The van der Waals surface area contributed by atoms with E-state index in [1.807, 2.05) is 0 Å². The number of nitrogens with zero attached hydrogens (tertiary/aromatic N) is 1. The second kappa shape index (κ2) is 8.82. The van der Waals surface area contributed by atoms with E-state index in [2.05, 4.69) is 0 Å². The zero-order valence-corrected chi connectivity index (χ0v) is 17.8. The van der Waals surface area contributed by atoms with E-state index in [1.54, 1.807) is 11.0 Å². The lowest BCUT2D eigenvalue weighted by atomic mass is 10.1. The SMILES string of the molecule is O=C(OCC(=O)N(C1CCCC1)C1CCS(=O)(=O)C1)c1ccc(-c2ccc(F)cc2)o1. The minimum Gasteiger partial charge on any atom is -0.450 e. The van der Waals surface area contributed by atoms with E-state index in [0.717, 1.165) is 25.7 Å². The minimum atomic E-state index is -3.14. The highest BCUT2D eigenvalue weighted by Crippen LogP contribution is 2.29. The fraction of sp³-hybridized carbons (Fsp3) is 0.455. The lowest BCUT2D eigenvalue weighted by Crippen LogP contribution is -2.48. The third kappa shape index (κ3) is 4.98. The van der Waals surface area contributed by atoms with Crippen molar-refractivity contribution in [2.75, 3.05) is 18.1 Å². The maximum absolute atomic E-state index is 13.1. The molecule has 31 heavy (non-hydrogen) atoms. The van der Waals surface area contributed by atoms with Crippen molar-refractivity contribution in [3.63, 3.8) is 0 Å². The van der Waals surface area contributed by atoms with Crippen molar-refractivity contribution in [3.05, 3.63) is 48.0 Å². The Bertz CT molecular complexity index is 1060. The monoisotopic (exact) mass is 449 g/mol. The second-order valence-corrected chi connectivity index (χ2v) is 10.3. The van der Waals surface area contributed by atoms with E-state index in [1.165, 1.54) is 30.3 Å². The third-order valence-electron chi connectivity index (χ3n) is 5.87. The van der Waals surface area contributed by atoms with E-state index in [9.17, 15) is 22.4 Å². The van der Waals surface area contributed by atoms with Crippen molar-refractivity contribution in [2.45, 2.75) is 44.2 Å². The number of amides is 1. The molecule has 0 bridgehead atoms. The van der Waals surface area contributed by atoms with Crippen molar-refractivity contribution in [1.82, 2.24) is 4.90 Å². The topological polar surface area (TPSA) is 93.9 Å². The average molecular weight is 450 g/mol. The summed E-state index contributed by atoms with van der Waals surface area (Å²) in [6.07, 6.45) is 4.06. The molecule has 1 aliphatic carbocycles. The molecule has 2 fully saturated rings. The minimum absolute atomic E-state index is 0.0156. The smallest absolute Gasteiger partial charge is 0.374 e. The standard InChI is InChI=1S/C22H24FNO6S/c23-16-7-5-15(6-8-16)19-9-10-20(30-19)22(26)29-13-21(25)24(17-3-1-2-4-17)18-11-12-31(27,28)14-18/h5-10,17-18H,1-4,11-14H2. The third-order valence-corrected chi connectivity index (χ3v) is 7.62. The van der Waals surface area contributed by atoms with Crippen LogP contribution in [0.1, 0.15) is 42.7 Å². The van der Waals surface area contributed by atoms with Crippen LogP contribution in [0.4, 0.5) is 4.39 Å². The molecule has 0 N–H and O–H groups in total. The number of carbonyl (C=O) groups is 2. The number of benzene rings is 1. The van der Waals surface area contributed by atoms with Gasteiger partial charge in [0.2, 0.25) is 5.76 Å². The van der Waals surface area contributed by atoms with Crippen molar-refractivity contribution in [2.24, 2.45) is 0 Å². The summed E-state index contributed by atoms with van der Waals surface area (Å²) in [5.74, 6) is -1.20. The number of hydrogen-bond donors (Lipinski definition) is 0. The molecule has 1 aromatic heterocycles. The maximum atomic E-state index is 13.1. The molecule has 1 amide bonds. The van der Waals surface area contributed by atoms with Crippen molar-refractivity contribution >= 4 is 21.7 Å². The molecule has 1 aromatic carbocycles. The van der Waals surface area contributed by atoms with Crippen LogP contribution in [-0.2, 0) is 19.4 Å². The summed E-state index contributed by atoms with van der Waals surface area (Å²) in [4.78, 5) is 26.9. The van der Waals surface area contributed by atoms with Crippen LogP contribution in [0.2, 0.25) is 0 Å². The number of carbonyl (C=O) groups excluding carboxylic acids is 2. The van der Waals surface area contributed by atoms with Crippen LogP contribution in [0.15, 0.2) is 40.8 Å².